The molecule has 0 rings (SSSR count). The third-order valence-corrected chi connectivity index (χ3v) is 2.16. The van der Waals surface area contributed by atoms with Gasteiger partial charge in [0.15, 0.2) is 0 Å². The van der Waals surface area contributed by atoms with E-state index in [-0.39, 0.29) is 24.9 Å². The van der Waals surface area contributed by atoms with E-state index in [9.17, 15) is 9.59 Å². The number of nitrogens with one attached hydrogen (secondary N) is 2. The Hall–Kier alpha value is -0.850. The van der Waals surface area contributed by atoms with Crippen LogP contribution in [-0.2, 0) is 14.3 Å². The van der Waals surface area contributed by atoms with Gasteiger partial charge in [-0.15, -0.1) is 12.4 Å². The Morgan fingerprint density at radius 2 is 2.00 bits per heavy atom. The highest BCUT2D eigenvalue weighted by Crippen LogP contribution is 1.95. The standard InChI is InChI=1S/C11H22N2O4.ClH/c1-3-5-9(11(15)16)13-8-10(14)12-6-7-17-4-2;/h9,13H,3-8H2,1-2H3,(H,12,14)(H,15,16);1H. The van der Waals surface area contributed by atoms with Gasteiger partial charge in [0.05, 0.1) is 13.2 Å². The summed E-state index contributed by atoms with van der Waals surface area (Å²) in [6.07, 6.45) is 1.28. The Balaban J connectivity index is 0. The first-order chi connectivity index (χ1) is 8.11. The minimum Gasteiger partial charge on any atom is -0.480 e. The number of ether oxygens (including phenoxy) is 1. The summed E-state index contributed by atoms with van der Waals surface area (Å²) in [4.78, 5) is 22.1. The van der Waals surface area contributed by atoms with Gasteiger partial charge in [-0.1, -0.05) is 13.3 Å². The van der Waals surface area contributed by atoms with Crippen molar-refractivity contribution in [1.82, 2.24) is 10.6 Å². The summed E-state index contributed by atoms with van der Waals surface area (Å²) in [5.41, 5.74) is 0. The van der Waals surface area contributed by atoms with Gasteiger partial charge in [0.25, 0.3) is 0 Å². The largest absolute Gasteiger partial charge is 0.480 e. The zero-order chi connectivity index (χ0) is 13.1. The summed E-state index contributed by atoms with van der Waals surface area (Å²) < 4.78 is 5.06. The zero-order valence-corrected chi connectivity index (χ0v) is 11.7. The summed E-state index contributed by atoms with van der Waals surface area (Å²) in [5.74, 6) is -1.14. The lowest BCUT2D eigenvalue weighted by molar-refractivity contribution is -0.139. The number of hydrogen-bond acceptors (Lipinski definition) is 4. The molecule has 1 amide bonds. The van der Waals surface area contributed by atoms with Gasteiger partial charge in [-0.3, -0.25) is 14.9 Å². The fourth-order valence-corrected chi connectivity index (χ4v) is 1.29. The fraction of sp³-hybridized carbons (Fsp3) is 0.818. The zero-order valence-electron chi connectivity index (χ0n) is 10.9. The fourth-order valence-electron chi connectivity index (χ4n) is 1.29. The molecular formula is C11H23ClN2O4. The van der Waals surface area contributed by atoms with Crippen LogP contribution in [0.2, 0.25) is 0 Å². The molecule has 1 atom stereocenters. The third kappa shape index (κ3) is 10.3. The molecule has 3 N–H and O–H groups in total. The van der Waals surface area contributed by atoms with E-state index in [1.165, 1.54) is 0 Å². The predicted octanol–water partition coefficient (Wildman–Crippen LogP) is 0.404. The van der Waals surface area contributed by atoms with E-state index in [1.807, 2.05) is 13.8 Å². The van der Waals surface area contributed by atoms with Crippen molar-refractivity contribution in [3.63, 3.8) is 0 Å². The highest BCUT2D eigenvalue weighted by Gasteiger charge is 2.16. The highest BCUT2D eigenvalue weighted by molar-refractivity contribution is 5.85. The maximum atomic E-state index is 11.3. The number of aliphatic carboxylic acids is 1. The van der Waals surface area contributed by atoms with Crippen LogP contribution in [0.1, 0.15) is 26.7 Å². The second-order valence-electron chi connectivity index (χ2n) is 3.61. The van der Waals surface area contributed by atoms with Crippen molar-refractivity contribution in [2.24, 2.45) is 0 Å². The molecule has 0 spiro atoms. The number of halogens is 1. The molecule has 6 nitrogen and oxygen atoms in total. The first kappa shape index (κ1) is 19.5. The van der Waals surface area contributed by atoms with Crippen LogP contribution in [0.25, 0.3) is 0 Å². The average molecular weight is 283 g/mol. The maximum absolute atomic E-state index is 11.3. The topological polar surface area (TPSA) is 87.7 Å². The van der Waals surface area contributed by atoms with E-state index in [1.54, 1.807) is 0 Å². The minimum atomic E-state index is -0.922. The Labute approximate surface area is 114 Å². The van der Waals surface area contributed by atoms with E-state index in [0.29, 0.717) is 26.2 Å². The number of rotatable bonds is 10. The van der Waals surface area contributed by atoms with Crippen LogP contribution in [0.5, 0.6) is 0 Å². The number of amides is 1. The molecule has 0 fully saturated rings. The van der Waals surface area contributed by atoms with Crippen LogP contribution in [-0.4, -0.2) is 49.3 Å². The van der Waals surface area contributed by atoms with Crippen molar-refractivity contribution in [3.8, 4) is 0 Å². The van der Waals surface area contributed by atoms with Gasteiger partial charge in [-0.25, -0.2) is 0 Å². The smallest absolute Gasteiger partial charge is 0.320 e. The molecule has 0 bridgehead atoms. The third-order valence-electron chi connectivity index (χ3n) is 2.16. The molecule has 0 aromatic heterocycles. The number of hydrogen-bond donors (Lipinski definition) is 3. The molecule has 0 radical (unpaired) electrons. The van der Waals surface area contributed by atoms with E-state index >= 15 is 0 Å². The Kier molecular flexibility index (Phi) is 13.6. The van der Waals surface area contributed by atoms with Gasteiger partial charge in [0.1, 0.15) is 6.04 Å². The van der Waals surface area contributed by atoms with Gasteiger partial charge in [-0.05, 0) is 13.3 Å². The number of carboxylic acid groups (broad SMARTS) is 1. The molecule has 0 aliphatic heterocycles. The van der Waals surface area contributed by atoms with E-state index in [4.69, 9.17) is 9.84 Å². The summed E-state index contributed by atoms with van der Waals surface area (Å²) >= 11 is 0. The SMILES string of the molecule is CCCC(NCC(=O)NCCOCC)C(=O)O.Cl. The first-order valence-electron chi connectivity index (χ1n) is 5.92. The van der Waals surface area contributed by atoms with Crippen LogP contribution in [0.15, 0.2) is 0 Å². The van der Waals surface area contributed by atoms with Gasteiger partial charge in [-0.2, -0.15) is 0 Å². The Morgan fingerprint density at radius 1 is 1.33 bits per heavy atom. The van der Waals surface area contributed by atoms with Crippen LogP contribution in [0.4, 0.5) is 0 Å². The molecule has 18 heavy (non-hydrogen) atoms. The lowest BCUT2D eigenvalue weighted by Crippen LogP contribution is -2.43. The predicted molar refractivity (Wildman–Crippen MR) is 71.1 cm³/mol. The van der Waals surface area contributed by atoms with Crippen LogP contribution >= 0.6 is 12.4 Å². The van der Waals surface area contributed by atoms with Crippen molar-refractivity contribution in [3.05, 3.63) is 0 Å². The summed E-state index contributed by atoms with van der Waals surface area (Å²) in [5, 5.41) is 14.2. The molecule has 0 saturated heterocycles. The van der Waals surface area contributed by atoms with Crippen molar-refractivity contribution < 1.29 is 19.4 Å². The molecule has 0 aliphatic carbocycles. The molecule has 7 heteroatoms. The van der Waals surface area contributed by atoms with Gasteiger partial charge in [0.2, 0.25) is 5.91 Å². The number of carbonyl (C=O) groups is 2. The van der Waals surface area contributed by atoms with Crippen molar-refractivity contribution in [2.75, 3.05) is 26.3 Å². The molecule has 0 aromatic rings. The monoisotopic (exact) mass is 282 g/mol. The van der Waals surface area contributed by atoms with Crippen molar-refractivity contribution in [2.45, 2.75) is 32.7 Å². The Bertz CT molecular complexity index is 239. The normalized spacial score (nSPS) is 11.4. The quantitative estimate of drug-likeness (QED) is 0.505. The number of carboxylic acids is 1. The van der Waals surface area contributed by atoms with Crippen LogP contribution in [0.3, 0.4) is 0 Å². The second-order valence-corrected chi connectivity index (χ2v) is 3.61. The highest BCUT2D eigenvalue weighted by atomic mass is 35.5. The van der Waals surface area contributed by atoms with E-state index < -0.39 is 12.0 Å². The van der Waals surface area contributed by atoms with Crippen LogP contribution in [0, 0.1) is 0 Å². The molecule has 0 saturated carbocycles. The van der Waals surface area contributed by atoms with Gasteiger partial charge < -0.3 is 15.2 Å². The average Bonchev–Trinajstić information content (AvgIpc) is 2.29. The molecule has 0 aromatic carbocycles. The van der Waals surface area contributed by atoms with Crippen molar-refractivity contribution >= 4 is 24.3 Å². The molecular weight excluding hydrogens is 260 g/mol. The second kappa shape index (κ2) is 12.6. The van der Waals surface area contributed by atoms with E-state index in [2.05, 4.69) is 10.6 Å². The molecule has 0 aliphatic rings. The van der Waals surface area contributed by atoms with Crippen molar-refractivity contribution in [1.29, 1.82) is 0 Å². The van der Waals surface area contributed by atoms with Gasteiger partial charge in [0, 0.05) is 13.2 Å². The lowest BCUT2D eigenvalue weighted by Gasteiger charge is -2.13. The number of carbonyl (C=O) groups excluding carboxylic acids is 1. The molecule has 1 unspecified atom stereocenters. The summed E-state index contributed by atoms with van der Waals surface area (Å²) in [6, 6.07) is -0.655. The first-order valence-corrected chi connectivity index (χ1v) is 5.92. The molecule has 108 valence electrons. The van der Waals surface area contributed by atoms with Gasteiger partial charge >= 0.3 is 5.97 Å². The summed E-state index contributed by atoms with van der Waals surface area (Å²) in [7, 11) is 0. The minimum absolute atomic E-state index is 0. The van der Waals surface area contributed by atoms with E-state index in [0.717, 1.165) is 6.42 Å². The molecule has 0 heterocycles. The summed E-state index contributed by atoms with van der Waals surface area (Å²) in [6.45, 7) is 5.33. The maximum Gasteiger partial charge on any atom is 0.320 e. The van der Waals surface area contributed by atoms with Crippen LogP contribution < -0.4 is 10.6 Å². The lowest BCUT2D eigenvalue weighted by atomic mass is 10.2. The Morgan fingerprint density at radius 3 is 2.50 bits per heavy atom.